The fourth-order valence-corrected chi connectivity index (χ4v) is 1.94. The van der Waals surface area contributed by atoms with Gasteiger partial charge < -0.3 is 4.74 Å². The summed E-state index contributed by atoms with van der Waals surface area (Å²) >= 11 is 1.38. The normalized spacial score (nSPS) is 10.1. The molecule has 0 aliphatic heterocycles. The van der Waals surface area contributed by atoms with Gasteiger partial charge in [0, 0.05) is 0 Å². The Morgan fingerprint density at radius 1 is 1.25 bits per heavy atom. The Morgan fingerprint density at radius 2 is 2.00 bits per heavy atom. The fraction of sp³-hybridized carbons (Fsp3) is 0.154. The summed E-state index contributed by atoms with van der Waals surface area (Å²) in [5, 5.41) is 1.86. The second kappa shape index (κ2) is 4.94. The van der Waals surface area contributed by atoms with Crippen molar-refractivity contribution in [2.45, 2.75) is 13.3 Å². The van der Waals surface area contributed by atoms with Gasteiger partial charge >= 0.3 is 5.97 Å². The Labute approximate surface area is 98.5 Å². The zero-order valence-electron chi connectivity index (χ0n) is 8.97. The van der Waals surface area contributed by atoms with Gasteiger partial charge in [0.05, 0.1) is 0 Å². The molecule has 1 heterocycles. The van der Waals surface area contributed by atoms with Crippen molar-refractivity contribution in [3.63, 3.8) is 0 Å². The number of benzene rings is 1. The zero-order valence-corrected chi connectivity index (χ0v) is 9.79. The molecule has 0 spiro atoms. The molecule has 2 nitrogen and oxygen atoms in total. The van der Waals surface area contributed by atoms with Crippen LogP contribution in [0.5, 0.6) is 5.75 Å². The first kappa shape index (κ1) is 10.9. The number of hydrogen-bond donors (Lipinski definition) is 0. The molecular weight excluding hydrogens is 220 g/mol. The minimum atomic E-state index is -0.292. The standard InChI is InChI=1S/C13H12O2S/c1-2-10-5-7-11(8-6-10)15-13(14)12-4-3-9-16-12/h3-9H,2H2,1H3. The van der Waals surface area contributed by atoms with Crippen molar-refractivity contribution >= 4 is 17.3 Å². The van der Waals surface area contributed by atoms with Crippen molar-refractivity contribution in [3.8, 4) is 5.75 Å². The molecule has 3 heteroatoms. The molecule has 0 saturated carbocycles. The van der Waals surface area contributed by atoms with Crippen LogP contribution in [-0.4, -0.2) is 5.97 Å². The van der Waals surface area contributed by atoms with E-state index in [-0.39, 0.29) is 5.97 Å². The highest BCUT2D eigenvalue weighted by Gasteiger charge is 2.08. The van der Waals surface area contributed by atoms with E-state index in [1.54, 1.807) is 6.07 Å². The van der Waals surface area contributed by atoms with Crippen molar-refractivity contribution in [2.24, 2.45) is 0 Å². The minimum Gasteiger partial charge on any atom is -0.422 e. The van der Waals surface area contributed by atoms with E-state index in [1.807, 2.05) is 35.7 Å². The van der Waals surface area contributed by atoms with E-state index in [4.69, 9.17) is 4.74 Å². The monoisotopic (exact) mass is 232 g/mol. The van der Waals surface area contributed by atoms with Crippen LogP contribution >= 0.6 is 11.3 Å². The summed E-state index contributed by atoms with van der Waals surface area (Å²) in [4.78, 5) is 12.2. The lowest BCUT2D eigenvalue weighted by Crippen LogP contribution is -2.06. The Kier molecular flexibility index (Phi) is 3.37. The summed E-state index contributed by atoms with van der Waals surface area (Å²) < 4.78 is 5.23. The third-order valence-corrected chi connectivity index (χ3v) is 3.11. The van der Waals surface area contributed by atoms with Gasteiger partial charge in [-0.2, -0.15) is 0 Å². The van der Waals surface area contributed by atoms with Gasteiger partial charge in [-0.05, 0) is 35.6 Å². The number of carbonyl (C=O) groups is 1. The van der Waals surface area contributed by atoms with Gasteiger partial charge in [-0.15, -0.1) is 11.3 Å². The Balaban J connectivity index is 2.06. The Hall–Kier alpha value is -1.61. The zero-order chi connectivity index (χ0) is 11.4. The Bertz CT molecular complexity index is 457. The fourth-order valence-electron chi connectivity index (χ4n) is 1.35. The van der Waals surface area contributed by atoms with E-state index in [2.05, 4.69) is 6.92 Å². The van der Waals surface area contributed by atoms with Gasteiger partial charge in [0.25, 0.3) is 0 Å². The predicted molar refractivity (Wildman–Crippen MR) is 65.1 cm³/mol. The predicted octanol–water partition coefficient (Wildman–Crippen LogP) is 3.53. The number of hydrogen-bond acceptors (Lipinski definition) is 3. The van der Waals surface area contributed by atoms with E-state index in [1.165, 1.54) is 16.9 Å². The average molecular weight is 232 g/mol. The first-order valence-corrected chi connectivity index (χ1v) is 6.02. The molecule has 1 aromatic heterocycles. The lowest BCUT2D eigenvalue weighted by Gasteiger charge is -2.03. The van der Waals surface area contributed by atoms with Crippen molar-refractivity contribution < 1.29 is 9.53 Å². The topological polar surface area (TPSA) is 26.3 Å². The molecular formula is C13H12O2S. The number of rotatable bonds is 3. The maximum absolute atomic E-state index is 11.6. The average Bonchev–Trinajstić information content (AvgIpc) is 2.83. The summed E-state index contributed by atoms with van der Waals surface area (Å²) in [6.45, 7) is 2.09. The first-order chi connectivity index (χ1) is 7.79. The van der Waals surface area contributed by atoms with E-state index in [0.29, 0.717) is 10.6 Å². The van der Waals surface area contributed by atoms with Gasteiger partial charge in [0.2, 0.25) is 0 Å². The number of ether oxygens (including phenoxy) is 1. The molecule has 0 amide bonds. The SMILES string of the molecule is CCc1ccc(OC(=O)c2cccs2)cc1. The van der Waals surface area contributed by atoms with Gasteiger partial charge in [-0.1, -0.05) is 25.1 Å². The highest BCUT2D eigenvalue weighted by Crippen LogP contribution is 2.16. The molecule has 0 atom stereocenters. The van der Waals surface area contributed by atoms with Crippen LogP contribution in [0.15, 0.2) is 41.8 Å². The molecule has 0 bridgehead atoms. The minimum absolute atomic E-state index is 0.292. The van der Waals surface area contributed by atoms with E-state index < -0.39 is 0 Å². The molecule has 16 heavy (non-hydrogen) atoms. The largest absolute Gasteiger partial charge is 0.422 e. The maximum Gasteiger partial charge on any atom is 0.353 e. The van der Waals surface area contributed by atoms with Crippen molar-refractivity contribution in [3.05, 3.63) is 52.2 Å². The smallest absolute Gasteiger partial charge is 0.353 e. The van der Waals surface area contributed by atoms with Gasteiger partial charge in [-0.3, -0.25) is 0 Å². The molecule has 0 aliphatic carbocycles. The second-order valence-electron chi connectivity index (χ2n) is 3.36. The molecule has 2 aromatic rings. The molecule has 1 aromatic carbocycles. The summed E-state index contributed by atoms with van der Waals surface area (Å²) in [5.41, 5.74) is 1.23. The molecule has 0 unspecified atom stereocenters. The van der Waals surface area contributed by atoms with E-state index in [9.17, 15) is 4.79 Å². The van der Waals surface area contributed by atoms with Crippen LogP contribution in [0.1, 0.15) is 22.2 Å². The van der Waals surface area contributed by atoms with Crippen LogP contribution in [0.2, 0.25) is 0 Å². The van der Waals surface area contributed by atoms with Crippen molar-refractivity contribution in [2.75, 3.05) is 0 Å². The summed E-state index contributed by atoms with van der Waals surface area (Å²) in [7, 11) is 0. The Morgan fingerprint density at radius 3 is 2.56 bits per heavy atom. The highest BCUT2D eigenvalue weighted by atomic mass is 32.1. The lowest BCUT2D eigenvalue weighted by atomic mass is 10.2. The number of thiophene rings is 1. The third-order valence-electron chi connectivity index (χ3n) is 2.26. The molecule has 82 valence electrons. The molecule has 2 rings (SSSR count). The van der Waals surface area contributed by atoms with E-state index in [0.717, 1.165) is 6.42 Å². The molecule has 0 fully saturated rings. The summed E-state index contributed by atoms with van der Waals surface area (Å²) in [5.74, 6) is 0.301. The quantitative estimate of drug-likeness (QED) is 0.597. The van der Waals surface area contributed by atoms with Crippen LogP contribution in [-0.2, 0) is 6.42 Å². The van der Waals surface area contributed by atoms with E-state index >= 15 is 0 Å². The van der Waals surface area contributed by atoms with Crippen LogP contribution in [0.25, 0.3) is 0 Å². The van der Waals surface area contributed by atoms with Crippen molar-refractivity contribution in [1.82, 2.24) is 0 Å². The molecule has 0 aliphatic rings. The molecule has 0 saturated heterocycles. The number of esters is 1. The van der Waals surface area contributed by atoms with Gasteiger partial charge in [0.1, 0.15) is 10.6 Å². The van der Waals surface area contributed by atoms with Crippen LogP contribution < -0.4 is 4.74 Å². The lowest BCUT2D eigenvalue weighted by molar-refractivity contribution is 0.0740. The third kappa shape index (κ3) is 2.49. The molecule has 0 radical (unpaired) electrons. The van der Waals surface area contributed by atoms with Crippen LogP contribution in [0, 0.1) is 0 Å². The number of carbonyl (C=O) groups excluding carboxylic acids is 1. The van der Waals surface area contributed by atoms with Gasteiger partial charge in [-0.25, -0.2) is 4.79 Å². The highest BCUT2D eigenvalue weighted by molar-refractivity contribution is 7.12. The van der Waals surface area contributed by atoms with Gasteiger partial charge in [0.15, 0.2) is 0 Å². The maximum atomic E-state index is 11.6. The van der Waals surface area contributed by atoms with Crippen LogP contribution in [0.3, 0.4) is 0 Å². The second-order valence-corrected chi connectivity index (χ2v) is 4.31. The van der Waals surface area contributed by atoms with Crippen LogP contribution in [0.4, 0.5) is 0 Å². The first-order valence-electron chi connectivity index (χ1n) is 5.14. The molecule has 0 N–H and O–H groups in total. The summed E-state index contributed by atoms with van der Waals surface area (Å²) in [6, 6.07) is 11.2. The summed E-state index contributed by atoms with van der Waals surface area (Å²) in [6.07, 6.45) is 0.985. The number of aryl methyl sites for hydroxylation is 1. The van der Waals surface area contributed by atoms with Crippen molar-refractivity contribution in [1.29, 1.82) is 0 Å².